The van der Waals surface area contributed by atoms with Crippen LogP contribution in [0.2, 0.25) is 0 Å². The first-order valence-electron chi connectivity index (χ1n) is 9.66. The largest absolute Gasteiger partial charge is 0.497 e. The minimum Gasteiger partial charge on any atom is -0.497 e. The van der Waals surface area contributed by atoms with Gasteiger partial charge in [0.1, 0.15) is 22.9 Å². The van der Waals surface area contributed by atoms with Crippen molar-refractivity contribution in [3.63, 3.8) is 0 Å². The van der Waals surface area contributed by atoms with Gasteiger partial charge >= 0.3 is 0 Å². The van der Waals surface area contributed by atoms with E-state index in [0.717, 1.165) is 5.56 Å². The third kappa shape index (κ3) is 4.56. The molecule has 0 fully saturated rings. The van der Waals surface area contributed by atoms with Gasteiger partial charge < -0.3 is 14.8 Å². The van der Waals surface area contributed by atoms with Crippen molar-refractivity contribution in [3.8, 4) is 11.5 Å². The van der Waals surface area contributed by atoms with Gasteiger partial charge in [0.05, 0.1) is 14.2 Å². The summed E-state index contributed by atoms with van der Waals surface area (Å²) >= 11 is 0. The van der Waals surface area contributed by atoms with Crippen LogP contribution in [0.3, 0.4) is 0 Å². The average Bonchev–Trinajstić information content (AvgIpc) is 2.97. The van der Waals surface area contributed by atoms with Crippen LogP contribution in [0.1, 0.15) is 24.5 Å². The third-order valence-electron chi connectivity index (χ3n) is 4.95. The molecule has 31 heavy (non-hydrogen) atoms. The summed E-state index contributed by atoms with van der Waals surface area (Å²) < 4.78 is 37.1. The Morgan fingerprint density at radius 3 is 2.03 bits per heavy atom. The Morgan fingerprint density at radius 1 is 0.968 bits per heavy atom. The molecule has 1 aliphatic heterocycles. The molecule has 1 heterocycles. The highest BCUT2D eigenvalue weighted by molar-refractivity contribution is 7.99. The normalized spacial score (nSPS) is 15.2. The van der Waals surface area contributed by atoms with Crippen LogP contribution in [0.4, 0.5) is 0 Å². The molecule has 0 bridgehead atoms. The highest BCUT2D eigenvalue weighted by Gasteiger charge is 2.44. The van der Waals surface area contributed by atoms with E-state index in [9.17, 15) is 18.0 Å². The Labute approximate surface area is 181 Å². The van der Waals surface area contributed by atoms with E-state index < -0.39 is 28.4 Å². The molecule has 0 atom stereocenters. The third-order valence-corrected chi connectivity index (χ3v) is 6.82. The standard InChI is InChI=1S/C22H24N2O6S/c1-4-19-21(16-7-11-18(30-3)12-8-16)31(27,28)24(22(19)26)14-20(25)23-13-15-5-9-17(29-2)10-6-15/h5-12H,4,13-14H2,1-3H3,(H,23,25). The van der Waals surface area contributed by atoms with Crippen LogP contribution in [-0.2, 0) is 26.2 Å². The maximum Gasteiger partial charge on any atom is 0.268 e. The minimum atomic E-state index is -4.15. The summed E-state index contributed by atoms with van der Waals surface area (Å²) in [6.07, 6.45) is 0.226. The monoisotopic (exact) mass is 444 g/mol. The molecule has 2 aromatic carbocycles. The number of rotatable bonds is 8. The lowest BCUT2D eigenvalue weighted by molar-refractivity contribution is -0.128. The molecule has 0 radical (unpaired) electrons. The van der Waals surface area contributed by atoms with Gasteiger partial charge in [-0.05, 0) is 53.9 Å². The Bertz CT molecular complexity index is 1110. The summed E-state index contributed by atoms with van der Waals surface area (Å²) in [5.74, 6) is 0.0130. The van der Waals surface area contributed by atoms with Gasteiger partial charge in [0.15, 0.2) is 0 Å². The van der Waals surface area contributed by atoms with Crippen LogP contribution < -0.4 is 14.8 Å². The number of hydrogen-bond acceptors (Lipinski definition) is 6. The van der Waals surface area contributed by atoms with Gasteiger partial charge in [0, 0.05) is 12.1 Å². The molecule has 1 N–H and O–H groups in total. The number of nitrogens with one attached hydrogen (secondary N) is 1. The number of carbonyl (C=O) groups excluding carboxylic acids is 2. The predicted molar refractivity (Wildman–Crippen MR) is 116 cm³/mol. The van der Waals surface area contributed by atoms with E-state index in [4.69, 9.17) is 9.47 Å². The van der Waals surface area contributed by atoms with Crippen molar-refractivity contribution in [1.82, 2.24) is 9.62 Å². The van der Waals surface area contributed by atoms with Crippen molar-refractivity contribution in [2.75, 3.05) is 20.8 Å². The molecular formula is C22H24N2O6S. The zero-order valence-electron chi connectivity index (χ0n) is 17.5. The molecule has 3 rings (SSSR count). The smallest absolute Gasteiger partial charge is 0.268 e. The molecule has 0 unspecified atom stereocenters. The van der Waals surface area contributed by atoms with E-state index in [1.807, 2.05) is 0 Å². The van der Waals surface area contributed by atoms with Gasteiger partial charge in [-0.25, -0.2) is 12.7 Å². The van der Waals surface area contributed by atoms with E-state index in [2.05, 4.69) is 5.32 Å². The van der Waals surface area contributed by atoms with E-state index in [1.165, 1.54) is 7.11 Å². The van der Waals surface area contributed by atoms with Crippen molar-refractivity contribution in [1.29, 1.82) is 0 Å². The number of methoxy groups -OCH3 is 2. The second-order valence-electron chi connectivity index (χ2n) is 6.83. The maximum absolute atomic E-state index is 13.1. The van der Waals surface area contributed by atoms with Crippen molar-refractivity contribution in [3.05, 3.63) is 65.2 Å². The van der Waals surface area contributed by atoms with Gasteiger partial charge in [-0.3, -0.25) is 9.59 Å². The summed E-state index contributed by atoms with van der Waals surface area (Å²) in [5, 5.41) is 2.65. The second-order valence-corrected chi connectivity index (χ2v) is 8.63. The van der Waals surface area contributed by atoms with E-state index in [0.29, 0.717) is 21.4 Å². The van der Waals surface area contributed by atoms with Crippen LogP contribution in [0.15, 0.2) is 54.1 Å². The molecule has 0 saturated carbocycles. The van der Waals surface area contributed by atoms with Crippen LogP contribution >= 0.6 is 0 Å². The first kappa shape index (κ1) is 22.4. The quantitative estimate of drug-likeness (QED) is 0.670. The average molecular weight is 445 g/mol. The van der Waals surface area contributed by atoms with Crippen molar-refractivity contribution in [2.24, 2.45) is 0 Å². The van der Waals surface area contributed by atoms with Gasteiger partial charge in [-0.1, -0.05) is 19.1 Å². The van der Waals surface area contributed by atoms with Crippen LogP contribution in [0.25, 0.3) is 4.91 Å². The highest BCUT2D eigenvalue weighted by atomic mass is 32.2. The first-order valence-corrected chi connectivity index (χ1v) is 11.1. The molecule has 2 aromatic rings. The van der Waals surface area contributed by atoms with Gasteiger partial charge in [0.2, 0.25) is 5.91 Å². The Balaban J connectivity index is 1.76. The van der Waals surface area contributed by atoms with Gasteiger partial charge in [0.25, 0.3) is 15.9 Å². The molecule has 0 saturated heterocycles. The van der Waals surface area contributed by atoms with E-state index >= 15 is 0 Å². The molecule has 0 aliphatic carbocycles. The lowest BCUT2D eigenvalue weighted by Crippen LogP contribution is -2.41. The van der Waals surface area contributed by atoms with Gasteiger partial charge in [-0.15, -0.1) is 0 Å². The number of nitrogens with zero attached hydrogens (tertiary/aromatic N) is 1. The zero-order chi connectivity index (χ0) is 22.6. The van der Waals surface area contributed by atoms with E-state index in [-0.39, 0.29) is 23.4 Å². The van der Waals surface area contributed by atoms with Crippen molar-refractivity contribution < 1.29 is 27.5 Å². The number of carbonyl (C=O) groups is 2. The molecule has 164 valence electrons. The number of benzene rings is 2. The Kier molecular flexibility index (Phi) is 6.65. The SMILES string of the molecule is CCC1=C(c2ccc(OC)cc2)S(=O)(=O)N(CC(=O)NCc2ccc(OC)cc2)C1=O. The Hall–Kier alpha value is -3.33. The van der Waals surface area contributed by atoms with Gasteiger partial charge in [-0.2, -0.15) is 0 Å². The fraction of sp³-hybridized carbons (Fsp3) is 0.273. The van der Waals surface area contributed by atoms with E-state index in [1.54, 1.807) is 62.6 Å². The lowest BCUT2D eigenvalue weighted by atomic mass is 10.1. The van der Waals surface area contributed by atoms with Crippen LogP contribution in [0, 0.1) is 0 Å². The molecule has 1 aliphatic rings. The number of amides is 2. The molecule has 8 nitrogen and oxygen atoms in total. The molecule has 0 aromatic heterocycles. The fourth-order valence-corrected chi connectivity index (χ4v) is 5.10. The summed E-state index contributed by atoms with van der Waals surface area (Å²) in [6.45, 7) is 1.32. The number of hydrogen-bond donors (Lipinski definition) is 1. The Morgan fingerprint density at radius 2 is 1.52 bits per heavy atom. The van der Waals surface area contributed by atoms with Crippen molar-refractivity contribution >= 4 is 26.7 Å². The molecule has 2 amide bonds. The second kappa shape index (κ2) is 9.22. The van der Waals surface area contributed by atoms with Crippen molar-refractivity contribution in [2.45, 2.75) is 19.9 Å². The topological polar surface area (TPSA) is 102 Å². The highest BCUT2D eigenvalue weighted by Crippen LogP contribution is 2.37. The summed E-state index contributed by atoms with van der Waals surface area (Å²) in [7, 11) is -1.09. The summed E-state index contributed by atoms with van der Waals surface area (Å²) in [6, 6.07) is 13.5. The van der Waals surface area contributed by atoms with Crippen LogP contribution in [-0.4, -0.2) is 45.3 Å². The summed E-state index contributed by atoms with van der Waals surface area (Å²) in [4.78, 5) is 25.2. The minimum absolute atomic E-state index is 0.0643. The summed E-state index contributed by atoms with van der Waals surface area (Å²) in [5.41, 5.74) is 1.36. The number of ether oxygens (including phenoxy) is 2. The first-order chi connectivity index (χ1) is 14.8. The molecular weight excluding hydrogens is 420 g/mol. The maximum atomic E-state index is 13.1. The predicted octanol–water partition coefficient (Wildman–Crippen LogP) is 2.31. The molecule has 0 spiro atoms. The fourth-order valence-electron chi connectivity index (χ4n) is 3.29. The lowest BCUT2D eigenvalue weighted by Gasteiger charge is -2.16. The number of sulfonamides is 1. The van der Waals surface area contributed by atoms with Crippen LogP contribution in [0.5, 0.6) is 11.5 Å². The molecule has 9 heteroatoms. The zero-order valence-corrected chi connectivity index (χ0v) is 18.4.